The standard InChI is InChI=1S/C13H21N3O2/c1-15(9-12-3-2-8-18-12)13(17)10-16-6-4-11(14)5-7-16/h2-3,8,11H,4-7,9-10,14H2,1H3. The molecule has 0 atom stereocenters. The van der Waals surface area contributed by atoms with Crippen molar-refractivity contribution in [1.29, 1.82) is 0 Å². The molecule has 0 radical (unpaired) electrons. The molecule has 2 rings (SSSR count). The van der Waals surface area contributed by atoms with Crippen LogP contribution in [-0.4, -0.2) is 48.4 Å². The third-order valence-corrected chi connectivity index (χ3v) is 3.39. The summed E-state index contributed by atoms with van der Waals surface area (Å²) in [5.41, 5.74) is 5.84. The molecule has 5 heteroatoms. The lowest BCUT2D eigenvalue weighted by atomic mass is 10.1. The second-order valence-electron chi connectivity index (χ2n) is 4.94. The molecule has 100 valence electrons. The summed E-state index contributed by atoms with van der Waals surface area (Å²) >= 11 is 0. The monoisotopic (exact) mass is 251 g/mol. The molecule has 0 unspecified atom stereocenters. The summed E-state index contributed by atoms with van der Waals surface area (Å²) in [5, 5.41) is 0. The van der Waals surface area contributed by atoms with Crippen LogP contribution in [0.5, 0.6) is 0 Å². The van der Waals surface area contributed by atoms with Gasteiger partial charge in [0.1, 0.15) is 5.76 Å². The van der Waals surface area contributed by atoms with Crippen molar-refractivity contribution in [2.75, 3.05) is 26.7 Å². The van der Waals surface area contributed by atoms with Gasteiger partial charge in [-0.1, -0.05) is 0 Å². The fraction of sp³-hybridized carbons (Fsp3) is 0.615. The molecular formula is C13H21N3O2. The van der Waals surface area contributed by atoms with E-state index in [1.54, 1.807) is 18.2 Å². The Morgan fingerprint density at radius 2 is 2.28 bits per heavy atom. The van der Waals surface area contributed by atoms with E-state index in [9.17, 15) is 4.79 Å². The smallest absolute Gasteiger partial charge is 0.236 e. The number of carbonyl (C=O) groups is 1. The lowest BCUT2D eigenvalue weighted by Crippen LogP contribution is -2.44. The highest BCUT2D eigenvalue weighted by Gasteiger charge is 2.20. The molecule has 0 bridgehead atoms. The highest BCUT2D eigenvalue weighted by molar-refractivity contribution is 5.77. The normalized spacial score (nSPS) is 17.9. The van der Waals surface area contributed by atoms with E-state index in [2.05, 4.69) is 4.90 Å². The number of likely N-dealkylation sites (N-methyl/N-ethyl adjacent to an activating group) is 1. The molecule has 1 aromatic rings. The van der Waals surface area contributed by atoms with E-state index in [-0.39, 0.29) is 5.91 Å². The third-order valence-electron chi connectivity index (χ3n) is 3.39. The van der Waals surface area contributed by atoms with E-state index < -0.39 is 0 Å². The summed E-state index contributed by atoms with van der Waals surface area (Å²) in [6, 6.07) is 4.01. The Hall–Kier alpha value is -1.33. The van der Waals surface area contributed by atoms with E-state index in [0.29, 0.717) is 19.1 Å². The Balaban J connectivity index is 1.77. The van der Waals surface area contributed by atoms with Crippen molar-refractivity contribution in [2.24, 2.45) is 5.73 Å². The quantitative estimate of drug-likeness (QED) is 0.854. The van der Waals surface area contributed by atoms with Gasteiger partial charge in [0.05, 0.1) is 19.4 Å². The molecule has 0 spiro atoms. The minimum Gasteiger partial charge on any atom is -0.467 e. The van der Waals surface area contributed by atoms with Crippen molar-refractivity contribution in [3.63, 3.8) is 0 Å². The average Bonchev–Trinajstić information content (AvgIpc) is 2.85. The van der Waals surface area contributed by atoms with Crippen molar-refractivity contribution >= 4 is 5.91 Å². The van der Waals surface area contributed by atoms with E-state index in [4.69, 9.17) is 10.2 Å². The number of rotatable bonds is 4. The number of nitrogens with two attached hydrogens (primary N) is 1. The van der Waals surface area contributed by atoms with Gasteiger partial charge in [0, 0.05) is 26.2 Å². The number of hydrogen-bond donors (Lipinski definition) is 1. The molecule has 2 N–H and O–H groups in total. The molecule has 18 heavy (non-hydrogen) atoms. The fourth-order valence-electron chi connectivity index (χ4n) is 2.15. The van der Waals surface area contributed by atoms with Crippen LogP contribution in [0.2, 0.25) is 0 Å². The Morgan fingerprint density at radius 1 is 1.56 bits per heavy atom. The first-order chi connectivity index (χ1) is 8.65. The van der Waals surface area contributed by atoms with E-state index >= 15 is 0 Å². The number of nitrogens with zero attached hydrogens (tertiary/aromatic N) is 2. The van der Waals surface area contributed by atoms with Gasteiger partial charge < -0.3 is 15.1 Å². The summed E-state index contributed by atoms with van der Waals surface area (Å²) in [4.78, 5) is 15.9. The Morgan fingerprint density at radius 3 is 2.89 bits per heavy atom. The van der Waals surface area contributed by atoms with Gasteiger partial charge in [-0.25, -0.2) is 0 Å². The Bertz CT molecular complexity index is 370. The average molecular weight is 251 g/mol. The van der Waals surface area contributed by atoms with Crippen LogP contribution in [0.25, 0.3) is 0 Å². The van der Waals surface area contributed by atoms with Gasteiger partial charge in [-0.2, -0.15) is 0 Å². The molecular weight excluding hydrogens is 230 g/mol. The van der Waals surface area contributed by atoms with E-state index in [0.717, 1.165) is 31.7 Å². The van der Waals surface area contributed by atoms with E-state index in [1.807, 2.05) is 12.1 Å². The topological polar surface area (TPSA) is 62.7 Å². The minimum atomic E-state index is 0.127. The van der Waals surface area contributed by atoms with Crippen molar-refractivity contribution in [3.8, 4) is 0 Å². The molecule has 1 amide bonds. The minimum absolute atomic E-state index is 0.127. The largest absolute Gasteiger partial charge is 0.467 e. The summed E-state index contributed by atoms with van der Waals surface area (Å²) in [6.45, 7) is 2.84. The zero-order valence-corrected chi connectivity index (χ0v) is 10.8. The van der Waals surface area contributed by atoms with Crippen LogP contribution in [0, 0.1) is 0 Å². The first kappa shape index (κ1) is 13.1. The van der Waals surface area contributed by atoms with Gasteiger partial charge >= 0.3 is 0 Å². The maximum absolute atomic E-state index is 12.0. The number of piperidine rings is 1. The van der Waals surface area contributed by atoms with Gasteiger partial charge in [-0.3, -0.25) is 9.69 Å². The highest BCUT2D eigenvalue weighted by Crippen LogP contribution is 2.09. The number of carbonyl (C=O) groups excluding carboxylic acids is 1. The Kier molecular flexibility index (Phi) is 4.38. The highest BCUT2D eigenvalue weighted by atomic mass is 16.3. The van der Waals surface area contributed by atoms with Crippen LogP contribution in [0.15, 0.2) is 22.8 Å². The molecule has 1 saturated heterocycles. The maximum atomic E-state index is 12.0. The number of likely N-dealkylation sites (tertiary alicyclic amines) is 1. The van der Waals surface area contributed by atoms with Gasteiger partial charge in [-0.05, 0) is 25.0 Å². The lowest BCUT2D eigenvalue weighted by Gasteiger charge is -2.30. The van der Waals surface area contributed by atoms with Crippen LogP contribution in [0.3, 0.4) is 0 Å². The van der Waals surface area contributed by atoms with Crippen molar-refractivity contribution < 1.29 is 9.21 Å². The number of amides is 1. The summed E-state index contributed by atoms with van der Waals surface area (Å²) < 4.78 is 5.23. The molecule has 1 aromatic heterocycles. The van der Waals surface area contributed by atoms with Crippen molar-refractivity contribution in [2.45, 2.75) is 25.4 Å². The molecule has 1 aliphatic rings. The summed E-state index contributed by atoms with van der Waals surface area (Å²) in [6.07, 6.45) is 3.59. The van der Waals surface area contributed by atoms with Crippen LogP contribution in [-0.2, 0) is 11.3 Å². The van der Waals surface area contributed by atoms with Crippen molar-refractivity contribution in [3.05, 3.63) is 24.2 Å². The second kappa shape index (κ2) is 6.02. The SMILES string of the molecule is CN(Cc1ccco1)C(=O)CN1CCC(N)CC1. The lowest BCUT2D eigenvalue weighted by molar-refractivity contribution is -0.132. The predicted octanol–water partition coefficient (Wildman–Crippen LogP) is 0.661. The van der Waals surface area contributed by atoms with Gasteiger partial charge in [0.25, 0.3) is 0 Å². The molecule has 5 nitrogen and oxygen atoms in total. The fourth-order valence-corrected chi connectivity index (χ4v) is 2.15. The number of hydrogen-bond acceptors (Lipinski definition) is 4. The van der Waals surface area contributed by atoms with Crippen molar-refractivity contribution in [1.82, 2.24) is 9.80 Å². The van der Waals surface area contributed by atoms with Crippen LogP contribution >= 0.6 is 0 Å². The first-order valence-corrected chi connectivity index (χ1v) is 6.39. The molecule has 0 saturated carbocycles. The maximum Gasteiger partial charge on any atom is 0.236 e. The number of furan rings is 1. The van der Waals surface area contributed by atoms with Crippen LogP contribution in [0.4, 0.5) is 0 Å². The Labute approximate surface area is 108 Å². The molecule has 1 aliphatic heterocycles. The molecule has 0 aromatic carbocycles. The predicted molar refractivity (Wildman–Crippen MR) is 68.8 cm³/mol. The van der Waals surface area contributed by atoms with Crippen LogP contribution in [0.1, 0.15) is 18.6 Å². The van der Waals surface area contributed by atoms with Gasteiger partial charge in [0.15, 0.2) is 0 Å². The third kappa shape index (κ3) is 3.58. The zero-order chi connectivity index (χ0) is 13.0. The molecule has 2 heterocycles. The van der Waals surface area contributed by atoms with E-state index in [1.165, 1.54) is 0 Å². The first-order valence-electron chi connectivity index (χ1n) is 6.39. The van der Waals surface area contributed by atoms with Gasteiger partial charge in [-0.15, -0.1) is 0 Å². The van der Waals surface area contributed by atoms with Gasteiger partial charge in [0.2, 0.25) is 5.91 Å². The molecule has 1 fully saturated rings. The summed E-state index contributed by atoms with van der Waals surface area (Å²) in [7, 11) is 1.81. The van der Waals surface area contributed by atoms with Crippen LogP contribution < -0.4 is 5.73 Å². The summed E-state index contributed by atoms with van der Waals surface area (Å²) in [5.74, 6) is 0.938. The molecule has 0 aliphatic carbocycles. The zero-order valence-electron chi connectivity index (χ0n) is 10.8. The second-order valence-corrected chi connectivity index (χ2v) is 4.94.